The number of nitrogens with one attached hydrogen (secondary N) is 1. The van der Waals surface area contributed by atoms with E-state index in [4.69, 9.17) is 9.90 Å². The molecule has 0 radical (unpaired) electrons. The molecule has 7 nitrogen and oxygen atoms in total. The monoisotopic (exact) mass is 430 g/mol. The summed E-state index contributed by atoms with van der Waals surface area (Å²) in [5.74, 6) is -1.45. The summed E-state index contributed by atoms with van der Waals surface area (Å²) in [5.41, 5.74) is 1.46. The van der Waals surface area contributed by atoms with E-state index in [0.29, 0.717) is 5.41 Å². The minimum absolute atomic E-state index is 0.208. The number of nitrogens with zero attached hydrogens (tertiary/aromatic N) is 3. The fourth-order valence-corrected chi connectivity index (χ4v) is 4.02. The summed E-state index contributed by atoms with van der Waals surface area (Å²) in [5, 5.41) is 10.2. The highest BCUT2D eigenvalue weighted by Crippen LogP contribution is 2.49. The van der Waals surface area contributed by atoms with E-state index in [9.17, 15) is 18.0 Å². The second kappa shape index (κ2) is 9.61. The molecule has 10 heteroatoms. The van der Waals surface area contributed by atoms with Gasteiger partial charge in [-0.05, 0) is 63.9 Å². The summed E-state index contributed by atoms with van der Waals surface area (Å²) in [6.45, 7) is 8.07. The Labute approximate surface area is 174 Å². The van der Waals surface area contributed by atoms with Gasteiger partial charge >= 0.3 is 12.1 Å². The number of hydrogen-bond acceptors (Lipinski definition) is 5. The van der Waals surface area contributed by atoms with Crippen molar-refractivity contribution in [1.82, 2.24) is 15.3 Å². The molecule has 30 heavy (non-hydrogen) atoms. The number of hydrogen-bond donors (Lipinski definition) is 2. The number of aromatic nitrogens is 2. The number of aliphatic carboxylic acids is 1. The molecule has 2 heterocycles. The summed E-state index contributed by atoms with van der Waals surface area (Å²) in [4.78, 5) is 32.3. The minimum Gasteiger partial charge on any atom is -0.475 e. The van der Waals surface area contributed by atoms with Crippen LogP contribution >= 0.6 is 0 Å². The van der Waals surface area contributed by atoms with Crippen LogP contribution in [0, 0.1) is 18.3 Å². The molecule has 1 aromatic heterocycles. The first-order valence-electron chi connectivity index (χ1n) is 10.1. The van der Waals surface area contributed by atoms with Crippen molar-refractivity contribution in [2.45, 2.75) is 65.1 Å². The van der Waals surface area contributed by atoms with Crippen molar-refractivity contribution in [3.8, 4) is 0 Å². The number of anilines is 1. The van der Waals surface area contributed by atoms with Crippen LogP contribution in [-0.4, -0.2) is 52.3 Å². The Bertz CT molecular complexity index is 730. The molecule has 2 fully saturated rings. The van der Waals surface area contributed by atoms with E-state index >= 15 is 0 Å². The van der Waals surface area contributed by atoms with Crippen molar-refractivity contribution >= 4 is 17.8 Å². The maximum absolute atomic E-state index is 12.3. The maximum atomic E-state index is 12.3. The average Bonchev–Trinajstić information content (AvgIpc) is 3.06. The number of carboxylic acid groups (broad SMARTS) is 1. The molecule has 1 aliphatic heterocycles. The SMILES string of the molecule is Cc1cnc(N2CCC3(CCC(C(=O)NC(C)C)C3)CC2)nc1.O=C(O)C(F)(F)F. The molecule has 1 amide bonds. The van der Waals surface area contributed by atoms with Gasteiger partial charge in [-0.1, -0.05) is 0 Å². The zero-order chi connectivity index (χ0) is 22.5. The Morgan fingerprint density at radius 1 is 1.20 bits per heavy atom. The van der Waals surface area contributed by atoms with Gasteiger partial charge in [0.1, 0.15) is 0 Å². The van der Waals surface area contributed by atoms with Crippen molar-refractivity contribution in [1.29, 1.82) is 0 Å². The molecule has 3 rings (SSSR count). The quantitative estimate of drug-likeness (QED) is 0.764. The summed E-state index contributed by atoms with van der Waals surface area (Å²) in [7, 11) is 0. The molecule has 168 valence electrons. The van der Waals surface area contributed by atoms with Crippen LogP contribution in [0.1, 0.15) is 51.5 Å². The second-order valence-electron chi connectivity index (χ2n) is 8.45. The summed E-state index contributed by atoms with van der Waals surface area (Å²) in [6, 6.07) is 0.236. The van der Waals surface area contributed by atoms with E-state index in [1.165, 1.54) is 6.42 Å². The van der Waals surface area contributed by atoms with Gasteiger partial charge in [-0.25, -0.2) is 14.8 Å². The third-order valence-electron chi connectivity index (χ3n) is 5.62. The zero-order valence-electron chi connectivity index (χ0n) is 17.5. The Hall–Kier alpha value is -2.39. The average molecular weight is 430 g/mol. The number of halogens is 3. The van der Waals surface area contributed by atoms with E-state index in [-0.39, 0.29) is 17.9 Å². The van der Waals surface area contributed by atoms with Gasteiger partial charge in [0.2, 0.25) is 11.9 Å². The lowest BCUT2D eigenvalue weighted by Gasteiger charge is -2.39. The molecule has 1 aromatic rings. The fourth-order valence-electron chi connectivity index (χ4n) is 4.02. The topological polar surface area (TPSA) is 95.4 Å². The van der Waals surface area contributed by atoms with Crippen molar-refractivity contribution in [2.24, 2.45) is 11.3 Å². The number of alkyl halides is 3. The molecule has 1 atom stereocenters. The largest absolute Gasteiger partial charge is 0.490 e. The molecule has 1 spiro atoms. The number of carbonyl (C=O) groups is 2. The van der Waals surface area contributed by atoms with Gasteiger partial charge in [-0.15, -0.1) is 0 Å². The Morgan fingerprint density at radius 2 is 1.73 bits per heavy atom. The van der Waals surface area contributed by atoms with Gasteiger partial charge in [0.15, 0.2) is 0 Å². The second-order valence-corrected chi connectivity index (χ2v) is 8.45. The molecule has 1 unspecified atom stereocenters. The molecule has 0 aromatic carbocycles. The van der Waals surface area contributed by atoms with Crippen LogP contribution in [0.3, 0.4) is 0 Å². The lowest BCUT2D eigenvalue weighted by Crippen LogP contribution is -2.40. The van der Waals surface area contributed by atoms with Crippen molar-refractivity contribution in [2.75, 3.05) is 18.0 Å². The highest BCUT2D eigenvalue weighted by molar-refractivity contribution is 5.79. The molecule has 2 N–H and O–H groups in total. The highest BCUT2D eigenvalue weighted by atomic mass is 19.4. The van der Waals surface area contributed by atoms with Gasteiger partial charge in [0.25, 0.3) is 0 Å². The van der Waals surface area contributed by atoms with Gasteiger partial charge in [0, 0.05) is 37.4 Å². The van der Waals surface area contributed by atoms with Crippen molar-refractivity contribution in [3.05, 3.63) is 18.0 Å². The van der Waals surface area contributed by atoms with Crippen LogP contribution in [-0.2, 0) is 9.59 Å². The number of carboxylic acids is 1. The summed E-state index contributed by atoms with van der Waals surface area (Å²) in [6.07, 6.45) is 4.26. The Morgan fingerprint density at radius 3 is 2.20 bits per heavy atom. The van der Waals surface area contributed by atoms with Crippen LogP contribution in [0.4, 0.5) is 19.1 Å². The summed E-state index contributed by atoms with van der Waals surface area (Å²) >= 11 is 0. The van der Waals surface area contributed by atoms with Crippen molar-refractivity contribution < 1.29 is 27.9 Å². The van der Waals surface area contributed by atoms with Gasteiger partial charge in [-0.3, -0.25) is 4.79 Å². The summed E-state index contributed by atoms with van der Waals surface area (Å²) < 4.78 is 31.7. The third kappa shape index (κ3) is 6.56. The predicted octanol–water partition coefficient (Wildman–Crippen LogP) is 3.33. The molecular formula is C20H29F3N4O3. The van der Waals surface area contributed by atoms with Crippen LogP contribution in [0.2, 0.25) is 0 Å². The molecule has 1 saturated carbocycles. The smallest absolute Gasteiger partial charge is 0.475 e. The van der Waals surface area contributed by atoms with E-state index < -0.39 is 12.1 Å². The number of carbonyl (C=O) groups excluding carboxylic acids is 1. The Balaban J connectivity index is 0.000000396. The van der Waals surface area contributed by atoms with Gasteiger partial charge in [0.05, 0.1) is 0 Å². The first-order chi connectivity index (χ1) is 13.9. The third-order valence-corrected chi connectivity index (χ3v) is 5.62. The fraction of sp³-hybridized carbons (Fsp3) is 0.700. The predicted molar refractivity (Wildman–Crippen MR) is 105 cm³/mol. The van der Waals surface area contributed by atoms with Crippen LogP contribution in [0.5, 0.6) is 0 Å². The number of piperidine rings is 1. The number of aryl methyl sites for hydroxylation is 1. The van der Waals surface area contributed by atoms with E-state index in [2.05, 4.69) is 20.2 Å². The molecule has 0 bridgehead atoms. The molecular weight excluding hydrogens is 401 g/mol. The van der Waals surface area contributed by atoms with Crippen molar-refractivity contribution in [3.63, 3.8) is 0 Å². The van der Waals surface area contributed by atoms with Crippen LogP contribution in [0.25, 0.3) is 0 Å². The minimum atomic E-state index is -5.08. The van der Waals surface area contributed by atoms with Gasteiger partial charge < -0.3 is 15.3 Å². The lowest BCUT2D eigenvalue weighted by atomic mass is 9.76. The normalized spacial score (nSPS) is 20.6. The standard InChI is InChI=1S/C18H28N4O.C2HF3O2/c1-13(2)21-16(23)15-4-5-18(10-15)6-8-22(9-7-18)17-19-11-14(3)12-20-17;3-2(4,5)1(6)7/h11-13,15H,4-10H2,1-3H3,(H,21,23);(H,6,7). The maximum Gasteiger partial charge on any atom is 0.490 e. The van der Waals surface area contributed by atoms with Gasteiger partial charge in [-0.2, -0.15) is 13.2 Å². The first-order valence-corrected chi connectivity index (χ1v) is 10.1. The van der Waals surface area contributed by atoms with E-state index in [1.54, 1.807) is 0 Å². The Kier molecular flexibility index (Phi) is 7.65. The zero-order valence-corrected chi connectivity index (χ0v) is 17.5. The van der Waals surface area contributed by atoms with Crippen LogP contribution in [0.15, 0.2) is 12.4 Å². The first kappa shape index (κ1) is 23.9. The number of amides is 1. The lowest BCUT2D eigenvalue weighted by molar-refractivity contribution is -0.192. The van der Waals surface area contributed by atoms with Crippen LogP contribution < -0.4 is 10.2 Å². The molecule has 2 aliphatic rings. The number of rotatable bonds is 3. The van der Waals surface area contributed by atoms with E-state index in [0.717, 1.165) is 50.3 Å². The molecule has 1 aliphatic carbocycles. The molecule has 1 saturated heterocycles. The highest BCUT2D eigenvalue weighted by Gasteiger charge is 2.43. The van der Waals surface area contributed by atoms with E-state index in [1.807, 2.05) is 33.2 Å².